The van der Waals surface area contributed by atoms with Crippen LogP contribution in [0.25, 0.3) is 33.4 Å². The van der Waals surface area contributed by atoms with E-state index in [0.29, 0.717) is 0 Å². The van der Waals surface area contributed by atoms with Crippen LogP contribution < -0.4 is 4.90 Å². The highest BCUT2D eigenvalue weighted by Crippen LogP contribution is 2.67. The summed E-state index contributed by atoms with van der Waals surface area (Å²) in [5, 5.41) is 0. The molecule has 0 bridgehead atoms. The van der Waals surface area contributed by atoms with E-state index in [1.54, 1.807) is 0 Å². The van der Waals surface area contributed by atoms with E-state index in [-0.39, 0.29) is 16.2 Å². The Kier molecular flexibility index (Phi) is 6.07. The lowest BCUT2D eigenvalue weighted by atomic mass is 9.60. The number of nitrogens with zero attached hydrogens (tertiary/aromatic N) is 1. The van der Waals surface area contributed by atoms with Crippen molar-refractivity contribution in [2.75, 3.05) is 4.90 Å². The first kappa shape index (κ1) is 30.2. The van der Waals surface area contributed by atoms with E-state index >= 15 is 0 Å². The van der Waals surface area contributed by atoms with Crippen LogP contribution in [0.3, 0.4) is 0 Å². The summed E-state index contributed by atoms with van der Waals surface area (Å²) >= 11 is 0. The van der Waals surface area contributed by atoms with E-state index in [1.807, 2.05) is 0 Å². The van der Waals surface area contributed by atoms with Crippen LogP contribution in [-0.2, 0) is 16.2 Å². The Morgan fingerprint density at radius 3 is 0.714 bits per heavy atom. The zero-order valence-electron chi connectivity index (χ0n) is 30.3. The highest BCUT2D eigenvalue weighted by molar-refractivity contribution is 6.01. The molecule has 0 aliphatic carbocycles. The van der Waals surface area contributed by atoms with E-state index in [2.05, 4.69) is 176 Å². The Morgan fingerprint density at radius 2 is 0.510 bits per heavy atom. The summed E-state index contributed by atoms with van der Waals surface area (Å²) in [6, 6.07) is 42.3. The van der Waals surface area contributed by atoms with Crippen molar-refractivity contribution < 1.29 is 0 Å². The van der Waals surface area contributed by atoms with Gasteiger partial charge in [0.1, 0.15) is 0 Å². The molecule has 9 rings (SSSR count). The van der Waals surface area contributed by atoms with Gasteiger partial charge in [0.2, 0.25) is 0 Å². The number of hydrogen-bond acceptors (Lipinski definition) is 1. The number of benzene rings is 6. The van der Waals surface area contributed by atoms with Crippen molar-refractivity contribution in [1.29, 1.82) is 0 Å². The fourth-order valence-corrected chi connectivity index (χ4v) is 8.99. The van der Waals surface area contributed by atoms with E-state index in [1.165, 1.54) is 101 Å². The maximum absolute atomic E-state index is 2.69. The smallest absolute Gasteiger partial charge is 0.0544 e. The highest BCUT2D eigenvalue weighted by Gasteiger charge is 2.52. The molecule has 0 saturated carbocycles. The predicted molar refractivity (Wildman–Crippen MR) is 208 cm³/mol. The molecule has 0 saturated heterocycles. The van der Waals surface area contributed by atoms with Crippen LogP contribution in [0.5, 0.6) is 0 Å². The summed E-state index contributed by atoms with van der Waals surface area (Å²) < 4.78 is 0. The van der Waals surface area contributed by atoms with Gasteiger partial charge in [-0.3, -0.25) is 0 Å². The zero-order chi connectivity index (χ0) is 34.2. The third kappa shape index (κ3) is 4.11. The number of hydrogen-bond donors (Lipinski definition) is 0. The van der Waals surface area contributed by atoms with Crippen LogP contribution >= 0.6 is 0 Å². The van der Waals surface area contributed by atoms with Gasteiger partial charge in [0.25, 0.3) is 0 Å². The molecule has 6 aromatic carbocycles. The van der Waals surface area contributed by atoms with E-state index in [9.17, 15) is 0 Å². The number of aryl methyl sites for hydroxylation is 3. The van der Waals surface area contributed by atoms with E-state index < -0.39 is 0 Å². The topological polar surface area (TPSA) is 3.24 Å². The Morgan fingerprint density at radius 1 is 0.306 bits per heavy atom. The number of anilines is 3. The van der Waals surface area contributed by atoms with Gasteiger partial charge in [-0.2, -0.15) is 0 Å². The molecule has 0 amide bonds. The Balaban J connectivity index is 1.42. The van der Waals surface area contributed by atoms with Crippen molar-refractivity contribution in [2.24, 2.45) is 0 Å². The fraction of sp³-hybridized carbons (Fsp3) is 0.250. The molecule has 0 aromatic heterocycles. The minimum Gasteiger partial charge on any atom is -0.309 e. The maximum atomic E-state index is 2.69. The van der Waals surface area contributed by atoms with E-state index in [4.69, 9.17) is 0 Å². The lowest BCUT2D eigenvalue weighted by Crippen LogP contribution is -2.43. The molecule has 6 aromatic rings. The molecule has 3 aliphatic heterocycles. The maximum Gasteiger partial charge on any atom is 0.0544 e. The first-order valence-corrected chi connectivity index (χ1v) is 17.8. The molecule has 3 heterocycles. The first-order valence-electron chi connectivity index (χ1n) is 17.8. The van der Waals surface area contributed by atoms with Crippen LogP contribution in [-0.4, -0.2) is 0 Å². The normalized spacial score (nSPS) is 16.7. The second-order valence-corrected chi connectivity index (χ2v) is 16.6. The summed E-state index contributed by atoms with van der Waals surface area (Å²) in [6.45, 7) is 21.3. The summed E-state index contributed by atoms with van der Waals surface area (Å²) in [6.07, 6.45) is 0. The molecule has 0 spiro atoms. The molecule has 0 N–H and O–H groups in total. The van der Waals surface area contributed by atoms with Gasteiger partial charge in [0, 0.05) is 16.2 Å². The van der Waals surface area contributed by atoms with Crippen molar-refractivity contribution in [2.45, 2.75) is 78.6 Å². The summed E-state index contributed by atoms with van der Waals surface area (Å²) in [7, 11) is 0. The molecule has 0 unspecified atom stereocenters. The molecule has 242 valence electrons. The summed E-state index contributed by atoms with van der Waals surface area (Å²) in [5.41, 5.74) is 23.5. The van der Waals surface area contributed by atoms with Crippen LogP contribution in [0, 0.1) is 20.8 Å². The molecular formula is C48H45N. The van der Waals surface area contributed by atoms with Gasteiger partial charge in [-0.15, -0.1) is 0 Å². The van der Waals surface area contributed by atoms with Crippen LogP contribution in [0.15, 0.2) is 109 Å². The van der Waals surface area contributed by atoms with Gasteiger partial charge < -0.3 is 4.90 Å². The zero-order valence-corrected chi connectivity index (χ0v) is 30.3. The Hall–Kier alpha value is -4.88. The Labute approximate surface area is 292 Å². The summed E-state index contributed by atoms with van der Waals surface area (Å²) in [4.78, 5) is 2.69. The standard InChI is InChI=1S/C48H45N/c1-28-10-16-31(17-11-28)34-22-37-43-38(23-34)47(6,7)40-25-36(33-20-14-30(3)15-21-33)27-42-45(40)49(43)44-39(46(37,4)5)24-35(26-41(44)48(42,8)9)32-18-12-29(2)13-19-32/h10-27H,1-9H3. The van der Waals surface area contributed by atoms with Crippen molar-refractivity contribution in [3.63, 3.8) is 0 Å². The highest BCUT2D eigenvalue weighted by atomic mass is 15.2. The van der Waals surface area contributed by atoms with Crippen LogP contribution in [0.2, 0.25) is 0 Å². The SMILES string of the molecule is Cc1ccc(-c2cc3c4c(c2)C(C)(C)c2cc(-c5ccc(C)cc5)cc5c2N4c2c(cc(-c4ccc(C)cc4)cc2C5(C)C)C3(C)C)cc1. The van der Waals surface area contributed by atoms with E-state index in [0.717, 1.165) is 0 Å². The number of rotatable bonds is 3. The molecule has 0 radical (unpaired) electrons. The van der Waals surface area contributed by atoms with Gasteiger partial charge >= 0.3 is 0 Å². The second-order valence-electron chi connectivity index (χ2n) is 16.6. The molecule has 1 nitrogen and oxygen atoms in total. The quantitative estimate of drug-likeness (QED) is 0.187. The minimum atomic E-state index is -0.213. The molecule has 0 fully saturated rings. The monoisotopic (exact) mass is 635 g/mol. The molecule has 1 heteroatoms. The van der Waals surface area contributed by atoms with Gasteiger partial charge in [-0.05, 0) is 124 Å². The lowest BCUT2D eigenvalue weighted by Gasteiger charge is -2.55. The molecular weight excluding hydrogens is 591 g/mol. The van der Waals surface area contributed by atoms with Gasteiger partial charge in [0.15, 0.2) is 0 Å². The average molecular weight is 636 g/mol. The third-order valence-electron chi connectivity index (χ3n) is 12.2. The predicted octanol–water partition coefficient (Wildman–Crippen LogP) is 13.0. The van der Waals surface area contributed by atoms with Crippen molar-refractivity contribution in [3.8, 4) is 33.4 Å². The van der Waals surface area contributed by atoms with Crippen molar-refractivity contribution in [1.82, 2.24) is 0 Å². The van der Waals surface area contributed by atoms with Crippen molar-refractivity contribution in [3.05, 3.63) is 159 Å². The summed E-state index contributed by atoms with van der Waals surface area (Å²) in [5.74, 6) is 0. The fourth-order valence-electron chi connectivity index (χ4n) is 8.99. The van der Waals surface area contributed by atoms with Crippen LogP contribution in [0.4, 0.5) is 17.1 Å². The lowest BCUT2D eigenvalue weighted by molar-refractivity contribution is 0.567. The van der Waals surface area contributed by atoms with Crippen molar-refractivity contribution >= 4 is 17.1 Å². The molecule has 3 aliphatic rings. The third-order valence-corrected chi connectivity index (χ3v) is 12.2. The van der Waals surface area contributed by atoms with Gasteiger partial charge in [0.05, 0.1) is 17.1 Å². The largest absolute Gasteiger partial charge is 0.309 e. The first-order chi connectivity index (χ1) is 23.3. The van der Waals surface area contributed by atoms with Gasteiger partial charge in [-0.25, -0.2) is 0 Å². The second kappa shape index (κ2) is 9.85. The Bertz CT molecular complexity index is 2000. The molecule has 0 atom stereocenters. The van der Waals surface area contributed by atoms with Crippen LogP contribution in [0.1, 0.15) is 91.6 Å². The molecule has 49 heavy (non-hydrogen) atoms. The average Bonchev–Trinajstić information content (AvgIpc) is 3.08. The van der Waals surface area contributed by atoms with Gasteiger partial charge in [-0.1, -0.05) is 131 Å². The minimum absolute atomic E-state index is 0.213.